The van der Waals surface area contributed by atoms with Gasteiger partial charge in [0.05, 0.1) is 19.6 Å². The molecule has 110 valence electrons. The van der Waals surface area contributed by atoms with Crippen LogP contribution in [0.4, 0.5) is 0 Å². The van der Waals surface area contributed by atoms with Gasteiger partial charge in [0, 0.05) is 19.6 Å². The van der Waals surface area contributed by atoms with Crippen molar-refractivity contribution >= 4 is 5.91 Å². The Kier molecular flexibility index (Phi) is 4.62. The number of amides is 1. The fourth-order valence-electron chi connectivity index (χ4n) is 2.28. The van der Waals surface area contributed by atoms with Gasteiger partial charge in [-0.2, -0.15) is 0 Å². The number of hydrogen-bond acceptors (Lipinski definition) is 4. The summed E-state index contributed by atoms with van der Waals surface area (Å²) in [5, 5.41) is 13.1. The van der Waals surface area contributed by atoms with Crippen molar-refractivity contribution in [2.24, 2.45) is 0 Å². The molecule has 2 unspecified atom stereocenters. The van der Waals surface area contributed by atoms with Crippen molar-refractivity contribution in [2.75, 3.05) is 20.3 Å². The van der Waals surface area contributed by atoms with Crippen molar-refractivity contribution < 1.29 is 19.4 Å². The largest absolute Gasteiger partial charge is 0.497 e. The zero-order chi connectivity index (χ0) is 14.6. The molecule has 1 heterocycles. The van der Waals surface area contributed by atoms with E-state index < -0.39 is 5.60 Å². The van der Waals surface area contributed by atoms with Gasteiger partial charge in [0.15, 0.2) is 0 Å². The van der Waals surface area contributed by atoms with E-state index in [1.165, 1.54) is 0 Å². The molecule has 2 rings (SSSR count). The van der Waals surface area contributed by atoms with E-state index in [0.717, 1.165) is 11.3 Å². The minimum absolute atomic E-state index is 0.120. The van der Waals surface area contributed by atoms with Crippen LogP contribution in [0.3, 0.4) is 0 Å². The summed E-state index contributed by atoms with van der Waals surface area (Å²) in [5.41, 5.74) is -0.0751. The Labute approximate surface area is 118 Å². The zero-order valence-corrected chi connectivity index (χ0v) is 11.9. The van der Waals surface area contributed by atoms with Gasteiger partial charge < -0.3 is 19.9 Å². The predicted molar refractivity (Wildman–Crippen MR) is 74.7 cm³/mol. The Morgan fingerprint density at radius 3 is 3.05 bits per heavy atom. The monoisotopic (exact) mass is 279 g/mol. The summed E-state index contributed by atoms with van der Waals surface area (Å²) in [5.74, 6) is 0.609. The van der Waals surface area contributed by atoms with Crippen LogP contribution in [0.2, 0.25) is 0 Å². The maximum absolute atomic E-state index is 11.9. The molecule has 1 aromatic carbocycles. The maximum atomic E-state index is 11.9. The third-order valence-electron chi connectivity index (χ3n) is 3.75. The summed E-state index contributed by atoms with van der Waals surface area (Å²) in [6.45, 7) is 2.57. The molecule has 2 atom stereocenters. The number of methoxy groups -OCH3 is 1. The lowest BCUT2D eigenvalue weighted by Gasteiger charge is -2.26. The first-order valence-electron chi connectivity index (χ1n) is 6.77. The average Bonchev–Trinajstić information content (AvgIpc) is 2.77. The molecule has 1 saturated heterocycles. The number of ether oxygens (including phenoxy) is 2. The smallest absolute Gasteiger partial charge is 0.224 e. The topological polar surface area (TPSA) is 67.8 Å². The van der Waals surface area contributed by atoms with Crippen LogP contribution >= 0.6 is 0 Å². The van der Waals surface area contributed by atoms with Crippen molar-refractivity contribution in [3.63, 3.8) is 0 Å². The van der Waals surface area contributed by atoms with Gasteiger partial charge in [0.25, 0.3) is 0 Å². The molecule has 0 saturated carbocycles. The summed E-state index contributed by atoms with van der Waals surface area (Å²) < 4.78 is 10.5. The van der Waals surface area contributed by atoms with Crippen LogP contribution in [-0.4, -0.2) is 43.0 Å². The molecule has 0 spiro atoms. The van der Waals surface area contributed by atoms with Gasteiger partial charge in [0.2, 0.25) is 5.91 Å². The molecule has 1 amide bonds. The van der Waals surface area contributed by atoms with Gasteiger partial charge in [-0.1, -0.05) is 12.1 Å². The van der Waals surface area contributed by atoms with Crippen LogP contribution in [0.5, 0.6) is 5.75 Å². The molecule has 0 aromatic heterocycles. The third-order valence-corrected chi connectivity index (χ3v) is 3.75. The predicted octanol–water partition coefficient (Wildman–Crippen LogP) is 0.894. The van der Waals surface area contributed by atoms with Gasteiger partial charge >= 0.3 is 0 Å². The number of rotatable bonds is 5. The van der Waals surface area contributed by atoms with E-state index in [4.69, 9.17) is 9.47 Å². The number of aliphatic hydroxyl groups is 1. The van der Waals surface area contributed by atoms with E-state index in [-0.39, 0.29) is 25.0 Å². The quantitative estimate of drug-likeness (QED) is 0.840. The fraction of sp³-hybridized carbons (Fsp3) is 0.533. The van der Waals surface area contributed by atoms with Crippen molar-refractivity contribution in [1.82, 2.24) is 5.32 Å². The number of hydrogen-bond donors (Lipinski definition) is 2. The first kappa shape index (κ1) is 14.8. The lowest BCUT2D eigenvalue weighted by Crippen LogP contribution is -2.47. The van der Waals surface area contributed by atoms with Gasteiger partial charge in [-0.05, 0) is 24.6 Å². The lowest BCUT2D eigenvalue weighted by molar-refractivity contribution is -0.122. The summed E-state index contributed by atoms with van der Waals surface area (Å²) in [4.78, 5) is 11.9. The average molecular weight is 279 g/mol. The molecule has 0 bridgehead atoms. The van der Waals surface area contributed by atoms with Crippen molar-refractivity contribution in [2.45, 2.75) is 31.5 Å². The molecule has 5 nitrogen and oxygen atoms in total. The summed E-state index contributed by atoms with van der Waals surface area (Å²) in [6.07, 6.45) is 0.565. The van der Waals surface area contributed by atoms with Gasteiger partial charge in [-0.15, -0.1) is 0 Å². The third kappa shape index (κ3) is 3.49. The Morgan fingerprint density at radius 2 is 2.40 bits per heavy atom. The molecular weight excluding hydrogens is 258 g/mol. The molecule has 0 aliphatic carbocycles. The molecule has 1 aliphatic rings. The van der Waals surface area contributed by atoms with Crippen molar-refractivity contribution in [3.05, 3.63) is 29.8 Å². The van der Waals surface area contributed by atoms with Crippen molar-refractivity contribution in [3.8, 4) is 5.75 Å². The van der Waals surface area contributed by atoms with Crippen LogP contribution in [0.1, 0.15) is 18.9 Å². The maximum Gasteiger partial charge on any atom is 0.224 e. The van der Waals surface area contributed by atoms with E-state index in [0.29, 0.717) is 13.0 Å². The van der Waals surface area contributed by atoms with E-state index >= 15 is 0 Å². The summed E-state index contributed by atoms with van der Waals surface area (Å²) in [6, 6.07) is 7.39. The van der Waals surface area contributed by atoms with E-state index in [2.05, 4.69) is 5.32 Å². The molecule has 1 fully saturated rings. The second-order valence-corrected chi connectivity index (χ2v) is 5.17. The second kappa shape index (κ2) is 6.24. The first-order valence-corrected chi connectivity index (χ1v) is 6.77. The van der Waals surface area contributed by atoms with E-state index in [1.54, 1.807) is 7.11 Å². The molecule has 1 aliphatic heterocycles. The van der Waals surface area contributed by atoms with Crippen LogP contribution in [-0.2, 0) is 16.0 Å². The highest BCUT2D eigenvalue weighted by atomic mass is 16.5. The molecule has 20 heavy (non-hydrogen) atoms. The van der Waals surface area contributed by atoms with Gasteiger partial charge in [-0.3, -0.25) is 4.79 Å². The second-order valence-electron chi connectivity index (χ2n) is 5.17. The van der Waals surface area contributed by atoms with Crippen molar-refractivity contribution in [1.29, 1.82) is 0 Å². The van der Waals surface area contributed by atoms with Gasteiger partial charge in [0.1, 0.15) is 11.4 Å². The van der Waals surface area contributed by atoms with Crippen LogP contribution in [0.15, 0.2) is 24.3 Å². The standard InChI is InChI=1S/C15H21NO4/c1-11-15(18,6-7-20-11)10-16-14(17)9-12-4-3-5-13(8-12)19-2/h3-5,8,11,18H,6-7,9-10H2,1-2H3,(H,16,17). The molecule has 1 aromatic rings. The Morgan fingerprint density at radius 1 is 1.60 bits per heavy atom. The number of carbonyl (C=O) groups excluding carboxylic acids is 1. The van der Waals surface area contributed by atoms with Crippen LogP contribution in [0, 0.1) is 0 Å². The highest BCUT2D eigenvalue weighted by Gasteiger charge is 2.39. The number of benzene rings is 1. The summed E-state index contributed by atoms with van der Waals surface area (Å²) >= 11 is 0. The Hall–Kier alpha value is -1.59. The minimum atomic E-state index is -0.954. The normalized spacial score (nSPS) is 25.4. The lowest BCUT2D eigenvalue weighted by atomic mass is 9.96. The molecule has 2 N–H and O–H groups in total. The number of carbonyl (C=O) groups is 1. The van der Waals surface area contributed by atoms with Gasteiger partial charge in [-0.25, -0.2) is 0 Å². The molecule has 0 radical (unpaired) electrons. The minimum Gasteiger partial charge on any atom is -0.497 e. The molecule has 5 heteroatoms. The fourth-order valence-corrected chi connectivity index (χ4v) is 2.28. The van der Waals surface area contributed by atoms with Crippen LogP contribution in [0.25, 0.3) is 0 Å². The number of nitrogens with one attached hydrogen (secondary N) is 1. The highest BCUT2D eigenvalue weighted by Crippen LogP contribution is 2.24. The van der Waals surface area contributed by atoms with E-state index in [1.807, 2.05) is 31.2 Å². The SMILES string of the molecule is COc1cccc(CC(=O)NCC2(O)CCOC2C)c1. The Bertz CT molecular complexity index is 477. The Balaban J connectivity index is 1.86. The first-order chi connectivity index (χ1) is 9.53. The zero-order valence-electron chi connectivity index (χ0n) is 11.9. The molecular formula is C15H21NO4. The summed E-state index contributed by atoms with van der Waals surface area (Å²) in [7, 11) is 1.59. The van der Waals surface area contributed by atoms with E-state index in [9.17, 15) is 9.90 Å². The van der Waals surface area contributed by atoms with Crippen LogP contribution < -0.4 is 10.1 Å². The highest BCUT2D eigenvalue weighted by molar-refractivity contribution is 5.78.